The van der Waals surface area contributed by atoms with Crippen LogP contribution in [0.3, 0.4) is 0 Å². The first-order valence-electron chi connectivity index (χ1n) is 4.86. The van der Waals surface area contributed by atoms with Crippen LogP contribution in [0.2, 0.25) is 0 Å². The van der Waals surface area contributed by atoms with Crippen molar-refractivity contribution in [2.45, 2.75) is 31.6 Å². The number of rotatable bonds is 5. The molecule has 0 bridgehead atoms. The van der Waals surface area contributed by atoms with Crippen LogP contribution in [0.5, 0.6) is 0 Å². The molecule has 0 amide bonds. The first kappa shape index (κ1) is 11.4. The molecule has 0 N–H and O–H groups in total. The number of benzene rings is 1. The Hall–Kier alpha value is -0.670. The Morgan fingerprint density at radius 1 is 1.36 bits per heavy atom. The molecular weight excluding hydrogens is 196 g/mol. The largest absolute Gasteiger partial charge is 0.287 e. The minimum Gasteiger partial charge on any atom is -0.287 e. The third-order valence-corrected chi connectivity index (χ3v) is 3.16. The molecule has 0 radical (unpaired) electrons. The van der Waals surface area contributed by atoms with E-state index in [-0.39, 0.29) is 0 Å². The molecule has 0 saturated heterocycles. The first-order chi connectivity index (χ1) is 6.75. The third-order valence-electron chi connectivity index (χ3n) is 1.96. The molecule has 0 aliphatic carbocycles. The molecule has 1 unspecified atom stereocenters. The summed E-state index contributed by atoms with van der Waals surface area (Å²) in [6, 6.07) is 7.60. The predicted molar refractivity (Wildman–Crippen MR) is 58.4 cm³/mol. The van der Waals surface area contributed by atoms with Crippen LogP contribution in [-0.4, -0.2) is 10.8 Å². The van der Waals surface area contributed by atoms with E-state index in [1.807, 2.05) is 31.2 Å². The quantitative estimate of drug-likeness (QED) is 0.701. The molecule has 14 heavy (non-hydrogen) atoms. The Balaban J connectivity index is 2.56. The van der Waals surface area contributed by atoms with Crippen LogP contribution < -0.4 is 0 Å². The second kappa shape index (κ2) is 5.94. The second-order valence-electron chi connectivity index (χ2n) is 3.18. The summed E-state index contributed by atoms with van der Waals surface area (Å²) in [7, 11) is 0. The maximum atomic E-state index is 11.6. The lowest BCUT2D eigenvalue weighted by atomic mass is 10.2. The zero-order valence-corrected chi connectivity index (χ0v) is 9.47. The average molecular weight is 212 g/mol. The van der Waals surface area contributed by atoms with Gasteiger partial charge in [-0.1, -0.05) is 31.5 Å². The molecule has 0 saturated carbocycles. The number of unbranched alkanes of at least 4 members (excludes halogenated alkanes) is 1. The molecule has 0 aliphatic rings. The first-order valence-corrected chi connectivity index (χ1v) is 5.94. The van der Waals surface area contributed by atoms with E-state index >= 15 is 0 Å². The van der Waals surface area contributed by atoms with Gasteiger partial charge in [0.1, 0.15) is 0 Å². The fourth-order valence-electron chi connectivity index (χ4n) is 1.09. The van der Waals surface area contributed by atoms with Crippen LogP contribution in [0.4, 0.5) is 0 Å². The summed E-state index contributed by atoms with van der Waals surface area (Å²) in [6.45, 7) is 4.59. The number of hydrogen-bond acceptors (Lipinski definition) is 2. The Morgan fingerprint density at radius 2 is 2.07 bits per heavy atom. The minimum atomic E-state index is -1.30. The van der Waals surface area contributed by atoms with Crippen molar-refractivity contribution < 1.29 is 8.39 Å². The van der Waals surface area contributed by atoms with E-state index in [1.165, 1.54) is 0 Å². The maximum absolute atomic E-state index is 11.6. The molecule has 1 aromatic carbocycles. The fourth-order valence-corrected chi connectivity index (χ4v) is 2.00. The smallest absolute Gasteiger partial charge is 0.189 e. The Kier molecular flexibility index (Phi) is 4.84. The van der Waals surface area contributed by atoms with Crippen molar-refractivity contribution in [2.75, 3.05) is 6.61 Å². The van der Waals surface area contributed by atoms with E-state index in [9.17, 15) is 4.21 Å². The molecular formula is C11H16O2S. The molecule has 3 heteroatoms. The van der Waals surface area contributed by atoms with Gasteiger partial charge in [0.15, 0.2) is 11.1 Å². The lowest BCUT2D eigenvalue weighted by Gasteiger charge is -2.04. The highest BCUT2D eigenvalue weighted by Gasteiger charge is 2.06. The third kappa shape index (κ3) is 3.24. The van der Waals surface area contributed by atoms with Crippen LogP contribution in [0.1, 0.15) is 25.3 Å². The molecule has 0 aliphatic heterocycles. The van der Waals surface area contributed by atoms with Crippen molar-refractivity contribution in [2.24, 2.45) is 0 Å². The topological polar surface area (TPSA) is 26.3 Å². The van der Waals surface area contributed by atoms with Crippen molar-refractivity contribution in [3.63, 3.8) is 0 Å². The molecule has 0 aromatic heterocycles. The molecule has 1 aromatic rings. The van der Waals surface area contributed by atoms with E-state index in [0.29, 0.717) is 6.61 Å². The van der Waals surface area contributed by atoms with Gasteiger partial charge in [-0.2, -0.15) is 0 Å². The van der Waals surface area contributed by atoms with Gasteiger partial charge in [-0.3, -0.25) is 4.18 Å². The van der Waals surface area contributed by atoms with E-state index < -0.39 is 11.1 Å². The van der Waals surface area contributed by atoms with Crippen molar-refractivity contribution in [3.8, 4) is 0 Å². The van der Waals surface area contributed by atoms with Crippen LogP contribution >= 0.6 is 0 Å². The molecule has 78 valence electrons. The molecule has 2 nitrogen and oxygen atoms in total. The van der Waals surface area contributed by atoms with Crippen molar-refractivity contribution in [3.05, 3.63) is 29.8 Å². The molecule has 1 rings (SSSR count). The van der Waals surface area contributed by atoms with Gasteiger partial charge in [0, 0.05) is 0 Å². The van der Waals surface area contributed by atoms with Crippen molar-refractivity contribution in [1.82, 2.24) is 0 Å². The highest BCUT2D eigenvalue weighted by atomic mass is 32.2. The minimum absolute atomic E-state index is 0.567. The van der Waals surface area contributed by atoms with Gasteiger partial charge in [-0.15, -0.1) is 0 Å². The van der Waals surface area contributed by atoms with Gasteiger partial charge in [-0.05, 0) is 25.0 Å². The van der Waals surface area contributed by atoms with Gasteiger partial charge in [-0.25, -0.2) is 4.21 Å². The van der Waals surface area contributed by atoms with Crippen LogP contribution in [0.15, 0.2) is 29.2 Å². The average Bonchev–Trinajstić information content (AvgIpc) is 2.18. The lowest BCUT2D eigenvalue weighted by molar-refractivity contribution is 0.338. The normalized spacial score (nSPS) is 12.7. The SMILES string of the molecule is CCCCOS(=O)c1ccccc1C. The number of aryl methyl sites for hydroxylation is 1. The monoisotopic (exact) mass is 212 g/mol. The fraction of sp³-hybridized carbons (Fsp3) is 0.455. The summed E-state index contributed by atoms with van der Waals surface area (Å²) in [5.41, 5.74) is 1.02. The van der Waals surface area contributed by atoms with Crippen LogP contribution in [-0.2, 0) is 15.3 Å². The zero-order chi connectivity index (χ0) is 10.4. The van der Waals surface area contributed by atoms with Gasteiger partial charge >= 0.3 is 0 Å². The van der Waals surface area contributed by atoms with Crippen molar-refractivity contribution >= 4 is 11.1 Å². The molecule has 0 heterocycles. The Labute approximate surface area is 88.0 Å². The summed E-state index contributed by atoms with van der Waals surface area (Å²) in [5, 5.41) is 0. The van der Waals surface area contributed by atoms with E-state index in [0.717, 1.165) is 23.3 Å². The van der Waals surface area contributed by atoms with Gasteiger partial charge in [0.05, 0.1) is 11.5 Å². The highest BCUT2D eigenvalue weighted by molar-refractivity contribution is 7.80. The molecule has 0 fully saturated rings. The number of hydrogen-bond donors (Lipinski definition) is 0. The molecule has 1 atom stereocenters. The van der Waals surface area contributed by atoms with Crippen LogP contribution in [0.25, 0.3) is 0 Å². The summed E-state index contributed by atoms with van der Waals surface area (Å²) >= 11 is -1.30. The summed E-state index contributed by atoms with van der Waals surface area (Å²) in [6.07, 6.45) is 2.02. The predicted octanol–water partition coefficient (Wildman–Crippen LogP) is 2.83. The highest BCUT2D eigenvalue weighted by Crippen LogP contribution is 2.13. The van der Waals surface area contributed by atoms with Gasteiger partial charge in [0.2, 0.25) is 0 Å². The lowest BCUT2D eigenvalue weighted by Crippen LogP contribution is -2.01. The molecule has 0 spiro atoms. The zero-order valence-electron chi connectivity index (χ0n) is 8.66. The van der Waals surface area contributed by atoms with E-state index in [4.69, 9.17) is 4.18 Å². The van der Waals surface area contributed by atoms with Gasteiger partial charge in [0.25, 0.3) is 0 Å². The van der Waals surface area contributed by atoms with Gasteiger partial charge < -0.3 is 0 Å². The maximum Gasteiger partial charge on any atom is 0.189 e. The Morgan fingerprint density at radius 3 is 2.71 bits per heavy atom. The summed E-state index contributed by atoms with van der Waals surface area (Å²) in [4.78, 5) is 0.781. The standard InChI is InChI=1S/C11H16O2S/c1-3-4-9-13-14(12)11-8-6-5-7-10(11)2/h5-8H,3-4,9H2,1-2H3. The summed E-state index contributed by atoms with van der Waals surface area (Å²) in [5.74, 6) is 0. The Bertz CT molecular complexity index is 310. The summed E-state index contributed by atoms with van der Waals surface area (Å²) < 4.78 is 16.9. The van der Waals surface area contributed by atoms with Crippen LogP contribution in [0, 0.1) is 6.92 Å². The van der Waals surface area contributed by atoms with E-state index in [2.05, 4.69) is 6.92 Å². The van der Waals surface area contributed by atoms with E-state index in [1.54, 1.807) is 0 Å². The second-order valence-corrected chi connectivity index (χ2v) is 4.32. The van der Waals surface area contributed by atoms with Crippen molar-refractivity contribution in [1.29, 1.82) is 0 Å².